The van der Waals surface area contributed by atoms with E-state index in [1.807, 2.05) is 60.7 Å². The molecule has 0 unspecified atom stereocenters. The van der Waals surface area contributed by atoms with Crippen molar-refractivity contribution < 1.29 is 4.79 Å². The van der Waals surface area contributed by atoms with E-state index in [4.69, 9.17) is 0 Å². The minimum Gasteiger partial charge on any atom is -0.289 e. The van der Waals surface area contributed by atoms with E-state index in [9.17, 15) is 4.79 Å². The second kappa shape index (κ2) is 3.46. The molecule has 0 heterocycles. The number of hydrogen-bond donors (Lipinski definition) is 0. The van der Waals surface area contributed by atoms with Crippen LogP contribution in [0.3, 0.4) is 0 Å². The largest absolute Gasteiger partial charge is 0.289 e. The zero-order valence-corrected chi connectivity index (χ0v) is 8.68. The number of fused-ring (bicyclic) bond motifs is 1. The highest BCUT2D eigenvalue weighted by molar-refractivity contribution is 6.37. The molecule has 0 saturated carbocycles. The average molecular weight is 206 g/mol. The molecule has 0 aliphatic heterocycles. The smallest absolute Gasteiger partial charge is 0.194 e. The summed E-state index contributed by atoms with van der Waals surface area (Å²) in [5.41, 5.74) is 3.61. The summed E-state index contributed by atoms with van der Waals surface area (Å²) in [6.45, 7) is 0. The lowest BCUT2D eigenvalue weighted by molar-refractivity contribution is 0.105. The van der Waals surface area contributed by atoms with Gasteiger partial charge in [0.15, 0.2) is 5.78 Å². The highest BCUT2D eigenvalue weighted by atomic mass is 16.1. The lowest BCUT2D eigenvalue weighted by atomic mass is 10.0. The normalized spacial score (nSPS) is 13.5. The number of carbonyl (C=O) groups is 1. The first-order valence-electron chi connectivity index (χ1n) is 5.27. The number of ketones is 1. The van der Waals surface area contributed by atoms with E-state index < -0.39 is 0 Å². The van der Waals surface area contributed by atoms with Crippen LogP contribution in [0.2, 0.25) is 0 Å². The van der Waals surface area contributed by atoms with Gasteiger partial charge in [0, 0.05) is 11.1 Å². The van der Waals surface area contributed by atoms with Gasteiger partial charge in [-0.25, -0.2) is 0 Å². The Morgan fingerprint density at radius 1 is 0.750 bits per heavy atom. The van der Waals surface area contributed by atoms with Gasteiger partial charge in [-0.1, -0.05) is 54.6 Å². The predicted octanol–water partition coefficient (Wildman–Crippen LogP) is 3.42. The van der Waals surface area contributed by atoms with E-state index in [1.165, 1.54) is 0 Å². The summed E-state index contributed by atoms with van der Waals surface area (Å²) in [7, 11) is 0. The number of allylic oxidation sites excluding steroid dienone is 1. The molecule has 1 nitrogen and oxygen atoms in total. The van der Waals surface area contributed by atoms with Crippen LogP contribution in [-0.4, -0.2) is 5.78 Å². The summed E-state index contributed by atoms with van der Waals surface area (Å²) in [6, 6.07) is 17.5. The predicted molar refractivity (Wildman–Crippen MR) is 65.1 cm³/mol. The van der Waals surface area contributed by atoms with Crippen LogP contribution < -0.4 is 0 Å². The van der Waals surface area contributed by atoms with Crippen LogP contribution >= 0.6 is 0 Å². The SMILES string of the molecule is O=C1C(c2ccccc2)=Cc2ccccc21. The maximum absolute atomic E-state index is 12.1. The molecule has 0 bridgehead atoms. The lowest BCUT2D eigenvalue weighted by Gasteiger charge is -2.00. The van der Waals surface area contributed by atoms with Crippen LogP contribution in [0.4, 0.5) is 0 Å². The third kappa shape index (κ3) is 1.29. The van der Waals surface area contributed by atoms with Gasteiger partial charge < -0.3 is 0 Å². The minimum atomic E-state index is 0.127. The molecule has 1 aliphatic carbocycles. The second-order valence-corrected chi connectivity index (χ2v) is 3.84. The van der Waals surface area contributed by atoms with Gasteiger partial charge in [0.2, 0.25) is 0 Å². The molecule has 76 valence electrons. The van der Waals surface area contributed by atoms with E-state index in [0.29, 0.717) is 0 Å². The maximum atomic E-state index is 12.1. The first kappa shape index (κ1) is 9.10. The lowest BCUT2D eigenvalue weighted by Crippen LogP contribution is -1.97. The molecular formula is C15H10O. The molecule has 0 fully saturated rings. The van der Waals surface area contributed by atoms with Gasteiger partial charge in [0.05, 0.1) is 0 Å². The third-order valence-corrected chi connectivity index (χ3v) is 2.83. The first-order chi connectivity index (χ1) is 7.86. The fourth-order valence-corrected chi connectivity index (χ4v) is 2.03. The maximum Gasteiger partial charge on any atom is 0.194 e. The number of rotatable bonds is 1. The molecule has 2 aromatic carbocycles. The molecule has 1 heteroatoms. The molecule has 0 radical (unpaired) electrons. The Kier molecular flexibility index (Phi) is 1.97. The topological polar surface area (TPSA) is 17.1 Å². The molecule has 3 rings (SSSR count). The van der Waals surface area contributed by atoms with Crippen LogP contribution in [0, 0.1) is 0 Å². The summed E-state index contributed by atoms with van der Waals surface area (Å²) < 4.78 is 0. The van der Waals surface area contributed by atoms with Gasteiger partial charge in [-0.3, -0.25) is 4.79 Å². The fraction of sp³-hybridized carbons (Fsp3) is 0. The van der Waals surface area contributed by atoms with Gasteiger partial charge in [0.1, 0.15) is 0 Å². The first-order valence-corrected chi connectivity index (χ1v) is 5.27. The summed E-state index contributed by atoms with van der Waals surface area (Å²) in [6.07, 6.45) is 1.97. The molecule has 0 atom stereocenters. The van der Waals surface area contributed by atoms with Crippen molar-refractivity contribution in [3.8, 4) is 0 Å². The fourth-order valence-electron chi connectivity index (χ4n) is 2.03. The Morgan fingerprint density at radius 3 is 2.19 bits per heavy atom. The van der Waals surface area contributed by atoms with Gasteiger partial charge >= 0.3 is 0 Å². The van der Waals surface area contributed by atoms with Crippen molar-refractivity contribution in [2.45, 2.75) is 0 Å². The average Bonchev–Trinajstić information content (AvgIpc) is 2.69. The van der Waals surface area contributed by atoms with E-state index in [1.54, 1.807) is 0 Å². The Hall–Kier alpha value is -2.15. The minimum absolute atomic E-state index is 0.127. The van der Waals surface area contributed by atoms with Gasteiger partial charge in [-0.15, -0.1) is 0 Å². The Labute approximate surface area is 94.0 Å². The van der Waals surface area contributed by atoms with Crippen molar-refractivity contribution in [1.82, 2.24) is 0 Å². The summed E-state index contributed by atoms with van der Waals surface area (Å²) >= 11 is 0. The van der Waals surface area contributed by atoms with Gasteiger partial charge in [-0.05, 0) is 17.2 Å². The number of Topliss-reactive ketones (excluding diaryl/α,β-unsaturated/α-hetero) is 1. The van der Waals surface area contributed by atoms with Gasteiger partial charge in [0.25, 0.3) is 0 Å². The van der Waals surface area contributed by atoms with Crippen LogP contribution in [0.15, 0.2) is 54.6 Å². The Bertz CT molecular complexity index is 579. The number of hydrogen-bond acceptors (Lipinski definition) is 1. The third-order valence-electron chi connectivity index (χ3n) is 2.83. The molecule has 0 aromatic heterocycles. The van der Waals surface area contributed by atoms with E-state index >= 15 is 0 Å². The molecule has 2 aromatic rings. The molecule has 0 amide bonds. The van der Waals surface area contributed by atoms with Crippen molar-refractivity contribution in [2.75, 3.05) is 0 Å². The van der Waals surface area contributed by atoms with Crippen molar-refractivity contribution in [1.29, 1.82) is 0 Å². The summed E-state index contributed by atoms with van der Waals surface area (Å²) in [5, 5.41) is 0. The molecule has 1 aliphatic rings. The van der Waals surface area contributed by atoms with E-state index in [-0.39, 0.29) is 5.78 Å². The Morgan fingerprint density at radius 2 is 1.44 bits per heavy atom. The summed E-state index contributed by atoms with van der Waals surface area (Å²) in [4.78, 5) is 12.1. The van der Waals surface area contributed by atoms with Crippen LogP contribution in [0.5, 0.6) is 0 Å². The standard InChI is InChI=1S/C15H10O/c16-15-13-9-5-4-8-12(13)10-14(15)11-6-2-1-3-7-11/h1-10H. The highest BCUT2D eigenvalue weighted by Crippen LogP contribution is 2.30. The summed E-state index contributed by atoms with van der Waals surface area (Å²) in [5.74, 6) is 0.127. The second-order valence-electron chi connectivity index (χ2n) is 3.84. The van der Waals surface area contributed by atoms with Crippen molar-refractivity contribution >= 4 is 17.4 Å². The molecule has 0 N–H and O–H groups in total. The zero-order valence-electron chi connectivity index (χ0n) is 8.68. The van der Waals surface area contributed by atoms with E-state index in [2.05, 4.69) is 0 Å². The van der Waals surface area contributed by atoms with Gasteiger partial charge in [-0.2, -0.15) is 0 Å². The van der Waals surface area contributed by atoms with Crippen molar-refractivity contribution in [3.63, 3.8) is 0 Å². The zero-order chi connectivity index (χ0) is 11.0. The van der Waals surface area contributed by atoms with Crippen LogP contribution in [0.25, 0.3) is 11.6 Å². The molecule has 0 saturated heterocycles. The monoisotopic (exact) mass is 206 g/mol. The Balaban J connectivity index is 2.13. The molecule has 16 heavy (non-hydrogen) atoms. The van der Waals surface area contributed by atoms with E-state index in [0.717, 1.165) is 22.3 Å². The van der Waals surface area contributed by atoms with Crippen LogP contribution in [0.1, 0.15) is 21.5 Å². The molecule has 0 spiro atoms. The van der Waals surface area contributed by atoms with Crippen LogP contribution in [-0.2, 0) is 0 Å². The van der Waals surface area contributed by atoms with Crippen molar-refractivity contribution in [2.24, 2.45) is 0 Å². The highest BCUT2D eigenvalue weighted by Gasteiger charge is 2.22. The quantitative estimate of drug-likeness (QED) is 0.698. The number of benzene rings is 2. The van der Waals surface area contributed by atoms with Crippen molar-refractivity contribution in [3.05, 3.63) is 71.3 Å². The number of carbonyl (C=O) groups excluding carboxylic acids is 1. The molecular weight excluding hydrogens is 196 g/mol.